The van der Waals surface area contributed by atoms with Crippen LogP contribution in [0.15, 0.2) is 18.2 Å². The number of rotatable bonds is 3. The van der Waals surface area contributed by atoms with Gasteiger partial charge in [0.05, 0.1) is 0 Å². The zero-order valence-electron chi connectivity index (χ0n) is 6.10. The van der Waals surface area contributed by atoms with Gasteiger partial charge in [0, 0.05) is 12.1 Å². The number of thiocarbonyl (C=S) groups is 1. The Morgan fingerprint density at radius 3 is 2.83 bits per heavy atom. The van der Waals surface area contributed by atoms with Crippen LogP contribution in [-0.2, 0) is 6.54 Å². The van der Waals surface area contributed by atoms with Gasteiger partial charge in [0.2, 0.25) is 0 Å². The molecule has 0 saturated heterocycles. The van der Waals surface area contributed by atoms with Crippen LogP contribution in [0.4, 0.5) is 8.78 Å². The summed E-state index contributed by atoms with van der Waals surface area (Å²) in [7, 11) is 0. The molecule has 0 heterocycles. The summed E-state index contributed by atoms with van der Waals surface area (Å²) in [6, 6.07) is 4.00. The summed E-state index contributed by atoms with van der Waals surface area (Å²) in [6.45, 7) is 0.160. The number of hydrogen-bond acceptors (Lipinski definition) is 1. The van der Waals surface area contributed by atoms with E-state index in [1.54, 1.807) is 0 Å². The molecule has 0 atom stereocenters. The van der Waals surface area contributed by atoms with Crippen LogP contribution in [0.2, 0.25) is 0 Å². The van der Waals surface area contributed by atoms with Crippen molar-refractivity contribution in [2.75, 3.05) is 0 Å². The second-order valence-corrected chi connectivity index (χ2v) is 2.37. The lowest BCUT2D eigenvalue weighted by atomic mass is 10.2. The lowest BCUT2D eigenvalue weighted by Gasteiger charge is -2.01. The summed E-state index contributed by atoms with van der Waals surface area (Å²) in [5.41, 5.74) is 2.45. The Hall–Kier alpha value is -1.03. The Bertz CT molecular complexity index is 288. The zero-order valence-corrected chi connectivity index (χ0v) is 6.92. The number of benzene rings is 1. The van der Waals surface area contributed by atoms with E-state index >= 15 is 0 Å². The predicted molar refractivity (Wildman–Crippen MR) is 45.8 cm³/mol. The Morgan fingerprint density at radius 2 is 2.17 bits per heavy atom. The van der Waals surface area contributed by atoms with E-state index in [0.29, 0.717) is 0 Å². The molecule has 0 spiro atoms. The summed E-state index contributed by atoms with van der Waals surface area (Å²) in [4.78, 5) is 0. The van der Waals surface area contributed by atoms with Crippen molar-refractivity contribution in [3.63, 3.8) is 0 Å². The van der Waals surface area contributed by atoms with Crippen molar-refractivity contribution >= 4 is 17.7 Å². The van der Waals surface area contributed by atoms with Crippen molar-refractivity contribution in [3.8, 4) is 0 Å². The topological polar surface area (TPSA) is 12.0 Å². The fourth-order valence-electron chi connectivity index (χ4n) is 0.816. The van der Waals surface area contributed by atoms with Crippen molar-refractivity contribution in [1.82, 2.24) is 5.32 Å². The molecule has 0 saturated carbocycles. The van der Waals surface area contributed by atoms with E-state index in [4.69, 9.17) is 0 Å². The Kier molecular flexibility index (Phi) is 3.10. The van der Waals surface area contributed by atoms with Gasteiger partial charge in [-0.05, 0) is 6.07 Å². The first-order chi connectivity index (χ1) is 5.75. The molecule has 1 nitrogen and oxygen atoms in total. The van der Waals surface area contributed by atoms with E-state index in [1.807, 2.05) is 0 Å². The fraction of sp³-hybridized carbons (Fsp3) is 0.125. The molecule has 0 aliphatic rings. The van der Waals surface area contributed by atoms with Gasteiger partial charge in [0.1, 0.15) is 5.49 Å². The summed E-state index contributed by atoms with van der Waals surface area (Å²) in [5, 5.41) is 2.49. The van der Waals surface area contributed by atoms with Crippen LogP contribution in [0.25, 0.3) is 0 Å². The summed E-state index contributed by atoms with van der Waals surface area (Å²) < 4.78 is 25.4. The maximum Gasteiger partial charge on any atom is 0.163 e. The highest BCUT2D eigenvalue weighted by Gasteiger charge is 2.05. The lowest BCUT2D eigenvalue weighted by molar-refractivity contribution is 0.497. The van der Waals surface area contributed by atoms with Gasteiger partial charge < -0.3 is 5.32 Å². The van der Waals surface area contributed by atoms with Crippen LogP contribution >= 0.6 is 12.2 Å². The van der Waals surface area contributed by atoms with E-state index in [-0.39, 0.29) is 12.1 Å². The van der Waals surface area contributed by atoms with Gasteiger partial charge in [-0.15, -0.1) is 0 Å². The average Bonchev–Trinajstić information content (AvgIpc) is 2.08. The monoisotopic (exact) mass is 186 g/mol. The van der Waals surface area contributed by atoms with Crippen molar-refractivity contribution in [2.24, 2.45) is 0 Å². The van der Waals surface area contributed by atoms with Crippen LogP contribution in [0, 0.1) is 11.6 Å². The Morgan fingerprint density at radius 1 is 1.42 bits per heavy atom. The van der Waals surface area contributed by atoms with Gasteiger partial charge in [0.25, 0.3) is 0 Å². The Labute approximate surface area is 74.4 Å². The molecule has 1 radical (unpaired) electrons. The molecule has 1 N–H and O–H groups in total. The van der Waals surface area contributed by atoms with Gasteiger partial charge >= 0.3 is 0 Å². The minimum atomic E-state index is -0.848. The average molecular weight is 186 g/mol. The van der Waals surface area contributed by atoms with Crippen molar-refractivity contribution in [2.45, 2.75) is 6.54 Å². The molecule has 0 aliphatic carbocycles. The van der Waals surface area contributed by atoms with E-state index < -0.39 is 11.6 Å². The quantitative estimate of drug-likeness (QED) is 0.571. The van der Waals surface area contributed by atoms with Crippen LogP contribution in [0.3, 0.4) is 0 Å². The SMILES string of the molecule is Fc1cccc(CN[C]=S)c1F. The van der Waals surface area contributed by atoms with Crippen molar-refractivity contribution < 1.29 is 8.78 Å². The summed E-state index contributed by atoms with van der Waals surface area (Å²) >= 11 is 4.35. The lowest BCUT2D eigenvalue weighted by Crippen LogP contribution is -2.10. The molecule has 63 valence electrons. The second-order valence-electron chi connectivity index (χ2n) is 2.17. The molecule has 0 bridgehead atoms. The highest BCUT2D eigenvalue weighted by molar-refractivity contribution is 7.78. The maximum atomic E-state index is 12.8. The first-order valence-corrected chi connectivity index (χ1v) is 3.69. The van der Waals surface area contributed by atoms with Gasteiger partial charge in [-0.25, -0.2) is 8.78 Å². The van der Waals surface area contributed by atoms with Crippen molar-refractivity contribution in [3.05, 3.63) is 35.4 Å². The standard InChI is InChI=1S/C8H6F2NS/c9-7-3-1-2-6(8(7)10)4-11-5-12/h1-3H,4H2,(H,11,12). The van der Waals surface area contributed by atoms with E-state index in [2.05, 4.69) is 23.0 Å². The number of hydrogen-bond donors (Lipinski definition) is 1. The molecule has 0 aromatic heterocycles. The first-order valence-electron chi connectivity index (χ1n) is 3.28. The first kappa shape index (κ1) is 9.06. The van der Waals surface area contributed by atoms with Crippen LogP contribution < -0.4 is 5.32 Å². The molecule has 0 fully saturated rings. The van der Waals surface area contributed by atoms with Gasteiger partial charge in [-0.1, -0.05) is 24.4 Å². The van der Waals surface area contributed by atoms with Gasteiger partial charge in [0.15, 0.2) is 11.6 Å². The number of nitrogens with one attached hydrogen (secondary N) is 1. The largest absolute Gasteiger partial charge is 0.370 e. The van der Waals surface area contributed by atoms with E-state index in [9.17, 15) is 8.78 Å². The molecule has 0 unspecified atom stereocenters. The Balaban J connectivity index is 2.84. The van der Waals surface area contributed by atoms with Crippen LogP contribution in [0.1, 0.15) is 5.56 Å². The van der Waals surface area contributed by atoms with E-state index in [1.165, 1.54) is 12.1 Å². The summed E-state index contributed by atoms with van der Waals surface area (Å²) in [5.74, 6) is -1.69. The molecule has 4 heteroatoms. The third kappa shape index (κ3) is 1.98. The van der Waals surface area contributed by atoms with Gasteiger partial charge in [-0.3, -0.25) is 0 Å². The highest BCUT2D eigenvalue weighted by Crippen LogP contribution is 2.10. The molecule has 1 aromatic rings. The maximum absolute atomic E-state index is 12.8. The predicted octanol–water partition coefficient (Wildman–Crippen LogP) is 1.89. The third-order valence-corrected chi connectivity index (χ3v) is 1.53. The fourth-order valence-corrected chi connectivity index (χ4v) is 0.888. The number of halogens is 2. The van der Waals surface area contributed by atoms with E-state index in [0.717, 1.165) is 6.07 Å². The molecule has 1 aromatic carbocycles. The van der Waals surface area contributed by atoms with Crippen LogP contribution in [-0.4, -0.2) is 5.49 Å². The molecular weight excluding hydrogens is 180 g/mol. The molecule has 0 aliphatic heterocycles. The highest BCUT2D eigenvalue weighted by atomic mass is 32.1. The molecule has 12 heavy (non-hydrogen) atoms. The third-order valence-electron chi connectivity index (χ3n) is 1.38. The molecule has 0 amide bonds. The smallest absolute Gasteiger partial charge is 0.163 e. The van der Waals surface area contributed by atoms with Crippen molar-refractivity contribution in [1.29, 1.82) is 0 Å². The zero-order chi connectivity index (χ0) is 8.97. The molecular formula is C8H6F2NS. The minimum Gasteiger partial charge on any atom is -0.370 e. The summed E-state index contributed by atoms with van der Waals surface area (Å²) in [6.07, 6.45) is 0. The minimum absolute atomic E-state index is 0.160. The van der Waals surface area contributed by atoms with Crippen LogP contribution in [0.5, 0.6) is 0 Å². The van der Waals surface area contributed by atoms with Gasteiger partial charge in [-0.2, -0.15) is 0 Å². The second kappa shape index (κ2) is 4.11. The normalized spacial score (nSPS) is 9.50. The molecule has 1 rings (SSSR count).